The number of ether oxygens (including phenoxy) is 7. The molecule has 3 rings (SSSR count). The van der Waals surface area contributed by atoms with Crippen molar-refractivity contribution in [3.05, 3.63) is 40.6 Å². The van der Waals surface area contributed by atoms with Crippen LogP contribution >= 0.6 is 0 Å². The summed E-state index contributed by atoms with van der Waals surface area (Å²) in [6, 6.07) is 5.68. The Labute approximate surface area is 261 Å². The lowest BCUT2D eigenvalue weighted by Gasteiger charge is -2.43. The van der Waals surface area contributed by atoms with E-state index in [9.17, 15) is 19.2 Å². The molecule has 2 N–H and O–H groups in total. The highest BCUT2D eigenvalue weighted by Crippen LogP contribution is 2.34. The Bertz CT molecular complexity index is 1340. The maximum absolute atomic E-state index is 12.2. The number of carbonyl (C=O) groups excluding carboxylic acids is 4. The minimum absolute atomic E-state index is 0.0154. The Morgan fingerprint density at radius 1 is 0.956 bits per heavy atom. The third kappa shape index (κ3) is 9.91. The van der Waals surface area contributed by atoms with Gasteiger partial charge in [-0.2, -0.15) is 0 Å². The third-order valence-electron chi connectivity index (χ3n) is 6.87. The van der Waals surface area contributed by atoms with E-state index in [1.807, 2.05) is 39.0 Å². The molecule has 0 spiro atoms. The number of nitrogens with zero attached hydrogens (tertiary/aromatic N) is 1. The Balaban J connectivity index is 2.01. The average molecular weight is 635 g/mol. The number of aliphatic hydroxyl groups excluding tert-OH is 1. The number of esters is 4. The Kier molecular flexibility index (Phi) is 12.7. The van der Waals surface area contributed by atoms with Gasteiger partial charge < -0.3 is 38.3 Å². The Morgan fingerprint density at radius 2 is 1.60 bits per heavy atom. The van der Waals surface area contributed by atoms with Crippen LogP contribution in [0.5, 0.6) is 11.6 Å². The molecule has 2 heterocycles. The Hall–Kier alpha value is -4.17. The van der Waals surface area contributed by atoms with Crippen LogP contribution in [0.3, 0.4) is 0 Å². The number of rotatable bonds is 14. The molecule has 2 aromatic rings. The summed E-state index contributed by atoms with van der Waals surface area (Å²) >= 11 is 0. The molecule has 45 heavy (non-hydrogen) atoms. The number of aromatic amines is 1. The number of benzene rings is 1. The smallest absolute Gasteiger partial charge is 0.303 e. The van der Waals surface area contributed by atoms with Crippen LogP contribution in [0.4, 0.5) is 0 Å². The largest absolute Gasteiger partial charge is 0.493 e. The van der Waals surface area contributed by atoms with Gasteiger partial charge in [0.1, 0.15) is 18.5 Å². The molecule has 248 valence electrons. The maximum atomic E-state index is 12.2. The average Bonchev–Trinajstić information content (AvgIpc) is 3.34. The normalized spacial score (nSPS) is 21.1. The van der Waals surface area contributed by atoms with Crippen molar-refractivity contribution in [2.24, 2.45) is 0 Å². The van der Waals surface area contributed by atoms with Crippen LogP contribution < -0.4 is 9.47 Å². The van der Waals surface area contributed by atoms with Gasteiger partial charge in [-0.25, -0.2) is 0 Å². The molecular weight excluding hydrogens is 592 g/mol. The van der Waals surface area contributed by atoms with E-state index in [1.54, 1.807) is 0 Å². The van der Waals surface area contributed by atoms with Crippen LogP contribution in [0.25, 0.3) is 0 Å². The molecule has 0 saturated carbocycles. The van der Waals surface area contributed by atoms with Crippen molar-refractivity contribution in [1.82, 2.24) is 10.2 Å². The zero-order chi connectivity index (χ0) is 33.3. The second-order valence-corrected chi connectivity index (χ2v) is 11.0. The lowest BCUT2D eigenvalue weighted by molar-refractivity contribution is -0.289. The first kappa shape index (κ1) is 35.3. The van der Waals surface area contributed by atoms with Gasteiger partial charge >= 0.3 is 23.9 Å². The monoisotopic (exact) mass is 634 g/mol. The molecule has 0 radical (unpaired) electrons. The van der Waals surface area contributed by atoms with Crippen LogP contribution in [0, 0.1) is 6.92 Å². The molecule has 0 amide bonds. The second-order valence-electron chi connectivity index (χ2n) is 11.0. The third-order valence-corrected chi connectivity index (χ3v) is 6.87. The fourth-order valence-electron chi connectivity index (χ4n) is 4.90. The van der Waals surface area contributed by atoms with Crippen LogP contribution in [-0.4, -0.2) is 89.7 Å². The molecular formula is C31H42N2O12. The van der Waals surface area contributed by atoms with E-state index in [1.165, 1.54) is 6.92 Å². The summed E-state index contributed by atoms with van der Waals surface area (Å²) in [5.74, 6) is -2.01. The van der Waals surface area contributed by atoms with Gasteiger partial charge in [-0.1, -0.05) is 19.9 Å². The molecule has 0 bridgehead atoms. The summed E-state index contributed by atoms with van der Waals surface area (Å²) in [6.45, 7) is 10.6. The van der Waals surface area contributed by atoms with Gasteiger partial charge in [0.15, 0.2) is 12.2 Å². The SMILES string of the molecule is CC(=O)OC[C@H]1OC(Oc2n[nH]c(C(C)C)c2Cc2ccc(OCCCO)cc2C)[C@H](OC(C)=O)[C@@H](OC(C)=O)[C@H]1OC(C)=O. The lowest BCUT2D eigenvalue weighted by atomic mass is 9.96. The van der Waals surface area contributed by atoms with E-state index in [0.717, 1.165) is 37.6 Å². The van der Waals surface area contributed by atoms with Crippen molar-refractivity contribution in [2.75, 3.05) is 19.8 Å². The van der Waals surface area contributed by atoms with Crippen LogP contribution in [0.15, 0.2) is 18.2 Å². The number of hydrogen-bond donors (Lipinski definition) is 2. The van der Waals surface area contributed by atoms with Crippen molar-refractivity contribution in [1.29, 1.82) is 0 Å². The first-order valence-corrected chi connectivity index (χ1v) is 14.7. The molecule has 1 aromatic heterocycles. The standard InChI is InChI=1S/C31H42N2O12/c1-16(2)26-24(14-22-9-10-23(13-17(22)3)39-12-8-11-34)30(33-32-26)45-31-29(43-21(7)38)28(42-20(6)37)27(41-19(5)36)25(44-31)15-40-18(4)35/h9-10,13,16,25,27-29,31,34H,8,11-12,14-15H2,1-7H3,(H,32,33)/t25-,27+,28+,29-,31?/m1/s1. The Morgan fingerprint density at radius 3 is 2.18 bits per heavy atom. The van der Waals surface area contributed by atoms with E-state index >= 15 is 0 Å². The number of aromatic nitrogens is 2. The molecule has 5 atom stereocenters. The number of aliphatic hydroxyl groups is 1. The van der Waals surface area contributed by atoms with Gasteiger partial charge in [-0.3, -0.25) is 24.3 Å². The fourth-order valence-corrected chi connectivity index (χ4v) is 4.90. The summed E-state index contributed by atoms with van der Waals surface area (Å²) < 4.78 is 39.7. The molecule has 0 aliphatic carbocycles. The van der Waals surface area contributed by atoms with Gasteiger partial charge in [0, 0.05) is 58.4 Å². The molecule has 14 nitrogen and oxygen atoms in total. The quantitative estimate of drug-likeness (QED) is 0.176. The predicted octanol–water partition coefficient (Wildman–Crippen LogP) is 2.66. The molecule has 1 aliphatic rings. The summed E-state index contributed by atoms with van der Waals surface area (Å²) in [5, 5.41) is 16.4. The van der Waals surface area contributed by atoms with Crippen molar-refractivity contribution in [3.63, 3.8) is 0 Å². The molecule has 1 aliphatic heterocycles. The zero-order valence-corrected chi connectivity index (χ0v) is 26.6. The van der Waals surface area contributed by atoms with Gasteiger partial charge in [0.25, 0.3) is 0 Å². The van der Waals surface area contributed by atoms with E-state index in [4.69, 9.17) is 38.3 Å². The topological polar surface area (TPSA) is 182 Å². The van der Waals surface area contributed by atoms with E-state index in [0.29, 0.717) is 30.8 Å². The number of carbonyl (C=O) groups is 4. The molecule has 1 aromatic carbocycles. The van der Waals surface area contributed by atoms with Crippen LogP contribution in [-0.2, 0) is 49.3 Å². The highest BCUT2D eigenvalue weighted by Gasteiger charge is 2.53. The maximum Gasteiger partial charge on any atom is 0.303 e. The fraction of sp³-hybridized carbons (Fsp3) is 0.581. The van der Waals surface area contributed by atoms with E-state index < -0.39 is 54.6 Å². The van der Waals surface area contributed by atoms with Gasteiger partial charge in [-0.05, 0) is 36.1 Å². The van der Waals surface area contributed by atoms with E-state index in [-0.39, 0.29) is 25.0 Å². The summed E-state index contributed by atoms with van der Waals surface area (Å²) in [4.78, 5) is 48.1. The molecule has 14 heteroatoms. The summed E-state index contributed by atoms with van der Waals surface area (Å²) in [6.07, 6.45) is -5.74. The molecule has 1 unspecified atom stereocenters. The molecule has 1 saturated heterocycles. The van der Waals surface area contributed by atoms with Crippen molar-refractivity contribution >= 4 is 23.9 Å². The second kappa shape index (κ2) is 16.2. The van der Waals surface area contributed by atoms with Gasteiger partial charge in [0.2, 0.25) is 18.3 Å². The number of aryl methyl sites for hydroxylation is 1. The number of hydrogen-bond acceptors (Lipinski definition) is 13. The van der Waals surface area contributed by atoms with Gasteiger partial charge in [-0.15, -0.1) is 5.10 Å². The number of nitrogens with one attached hydrogen (secondary N) is 1. The minimum atomic E-state index is -1.42. The molecule has 1 fully saturated rings. The highest BCUT2D eigenvalue weighted by atomic mass is 16.7. The lowest BCUT2D eigenvalue weighted by Crippen LogP contribution is -2.63. The van der Waals surface area contributed by atoms with Crippen molar-refractivity contribution < 1.29 is 57.4 Å². The highest BCUT2D eigenvalue weighted by molar-refractivity contribution is 5.68. The minimum Gasteiger partial charge on any atom is -0.493 e. The van der Waals surface area contributed by atoms with Crippen LogP contribution in [0.1, 0.15) is 76.3 Å². The summed E-state index contributed by atoms with van der Waals surface area (Å²) in [5.41, 5.74) is 3.40. The van der Waals surface area contributed by atoms with E-state index in [2.05, 4.69) is 10.2 Å². The summed E-state index contributed by atoms with van der Waals surface area (Å²) in [7, 11) is 0. The van der Waals surface area contributed by atoms with Gasteiger partial charge in [0.05, 0.1) is 6.61 Å². The van der Waals surface area contributed by atoms with Crippen molar-refractivity contribution in [2.45, 2.75) is 97.9 Å². The predicted molar refractivity (Wildman–Crippen MR) is 156 cm³/mol. The first-order chi connectivity index (χ1) is 21.3. The van der Waals surface area contributed by atoms with Crippen LogP contribution in [0.2, 0.25) is 0 Å². The zero-order valence-electron chi connectivity index (χ0n) is 26.6. The van der Waals surface area contributed by atoms with Crippen molar-refractivity contribution in [3.8, 4) is 11.6 Å². The number of H-pyrrole nitrogens is 1. The first-order valence-electron chi connectivity index (χ1n) is 14.7.